The Bertz CT molecular complexity index is 442. The van der Waals surface area contributed by atoms with Crippen molar-refractivity contribution in [2.24, 2.45) is 11.8 Å². The standard InChI is InChI=1S/C13H15ClN2O2.ClH/c14-8-1-3-9(4-2-8)18-7-12(17)16-13-10-5-15-6-11(10)13;/h1-4,10-11,13,15H,5-7H2,(H,16,17);1H/t10-,11+,13?;. The van der Waals surface area contributed by atoms with E-state index in [-0.39, 0.29) is 24.9 Å². The summed E-state index contributed by atoms with van der Waals surface area (Å²) in [6.45, 7) is 2.10. The Kier molecular flexibility index (Phi) is 4.55. The molecule has 1 saturated heterocycles. The summed E-state index contributed by atoms with van der Waals surface area (Å²) in [5.41, 5.74) is 0. The molecule has 4 nitrogen and oxygen atoms in total. The number of carbonyl (C=O) groups excluding carboxylic acids is 1. The van der Waals surface area contributed by atoms with Crippen LogP contribution < -0.4 is 15.4 Å². The first-order valence-electron chi connectivity index (χ1n) is 6.12. The van der Waals surface area contributed by atoms with E-state index in [1.54, 1.807) is 24.3 Å². The van der Waals surface area contributed by atoms with Gasteiger partial charge in [-0.15, -0.1) is 12.4 Å². The molecule has 1 aliphatic heterocycles. The zero-order valence-corrected chi connectivity index (χ0v) is 11.8. The maximum Gasteiger partial charge on any atom is 0.258 e. The number of hydrogen-bond donors (Lipinski definition) is 2. The average Bonchev–Trinajstić information content (AvgIpc) is 2.81. The van der Waals surface area contributed by atoms with Crippen molar-refractivity contribution in [1.82, 2.24) is 10.6 Å². The van der Waals surface area contributed by atoms with Crippen molar-refractivity contribution < 1.29 is 9.53 Å². The zero-order chi connectivity index (χ0) is 12.5. The smallest absolute Gasteiger partial charge is 0.258 e. The quantitative estimate of drug-likeness (QED) is 0.886. The largest absolute Gasteiger partial charge is 0.484 e. The minimum atomic E-state index is -0.0515. The molecule has 3 atom stereocenters. The number of benzene rings is 1. The van der Waals surface area contributed by atoms with Gasteiger partial charge in [0.05, 0.1) is 0 Å². The molecule has 1 aromatic rings. The number of halogens is 2. The Morgan fingerprint density at radius 1 is 1.32 bits per heavy atom. The van der Waals surface area contributed by atoms with Gasteiger partial charge in [0.25, 0.3) is 5.91 Å². The number of rotatable bonds is 4. The normalized spacial score (nSPS) is 27.1. The van der Waals surface area contributed by atoms with E-state index in [1.165, 1.54) is 0 Å². The van der Waals surface area contributed by atoms with Crippen LogP contribution in [0, 0.1) is 11.8 Å². The van der Waals surface area contributed by atoms with Crippen molar-refractivity contribution in [1.29, 1.82) is 0 Å². The number of fused-ring (bicyclic) bond motifs is 1. The summed E-state index contributed by atoms with van der Waals surface area (Å²) in [5.74, 6) is 1.87. The van der Waals surface area contributed by atoms with E-state index >= 15 is 0 Å². The van der Waals surface area contributed by atoms with Gasteiger partial charge >= 0.3 is 0 Å². The molecule has 2 fully saturated rings. The van der Waals surface area contributed by atoms with E-state index in [4.69, 9.17) is 16.3 Å². The summed E-state index contributed by atoms with van der Waals surface area (Å²) in [6.07, 6.45) is 0. The van der Waals surface area contributed by atoms with Gasteiger partial charge in [0.1, 0.15) is 5.75 Å². The number of carbonyl (C=O) groups is 1. The van der Waals surface area contributed by atoms with Gasteiger partial charge in [0.15, 0.2) is 6.61 Å². The van der Waals surface area contributed by atoms with Gasteiger partial charge in [-0.3, -0.25) is 4.79 Å². The lowest BCUT2D eigenvalue weighted by molar-refractivity contribution is -0.123. The van der Waals surface area contributed by atoms with Gasteiger partial charge < -0.3 is 15.4 Å². The lowest BCUT2D eigenvalue weighted by Crippen LogP contribution is -2.35. The van der Waals surface area contributed by atoms with Gasteiger partial charge in [-0.1, -0.05) is 11.6 Å². The van der Waals surface area contributed by atoms with Crippen LogP contribution in [0.3, 0.4) is 0 Å². The van der Waals surface area contributed by atoms with Crippen LogP contribution >= 0.6 is 24.0 Å². The fourth-order valence-electron chi connectivity index (χ4n) is 2.54. The van der Waals surface area contributed by atoms with Crippen molar-refractivity contribution in [3.63, 3.8) is 0 Å². The maximum atomic E-state index is 11.7. The third kappa shape index (κ3) is 3.32. The number of amides is 1. The van der Waals surface area contributed by atoms with Crippen LogP contribution in [0.1, 0.15) is 0 Å². The molecule has 0 bridgehead atoms. The van der Waals surface area contributed by atoms with Crippen LogP contribution in [0.4, 0.5) is 0 Å². The molecule has 1 saturated carbocycles. The van der Waals surface area contributed by atoms with Crippen LogP contribution in [-0.4, -0.2) is 31.6 Å². The lowest BCUT2D eigenvalue weighted by Gasteiger charge is -2.09. The van der Waals surface area contributed by atoms with E-state index in [0.717, 1.165) is 13.1 Å². The summed E-state index contributed by atoms with van der Waals surface area (Å²) in [7, 11) is 0. The fraction of sp³-hybridized carbons (Fsp3) is 0.462. The molecule has 1 aromatic carbocycles. The predicted octanol–water partition coefficient (Wildman–Crippen LogP) is 1.47. The Morgan fingerprint density at radius 3 is 2.58 bits per heavy atom. The molecule has 2 aliphatic rings. The first-order chi connectivity index (χ1) is 8.74. The molecule has 0 spiro atoms. The minimum Gasteiger partial charge on any atom is -0.484 e. The highest BCUT2D eigenvalue weighted by molar-refractivity contribution is 6.30. The molecule has 6 heteroatoms. The fourth-order valence-corrected chi connectivity index (χ4v) is 2.67. The highest BCUT2D eigenvalue weighted by atomic mass is 35.5. The van der Waals surface area contributed by atoms with E-state index < -0.39 is 0 Å². The highest BCUT2D eigenvalue weighted by Gasteiger charge is 2.53. The van der Waals surface area contributed by atoms with E-state index in [2.05, 4.69) is 10.6 Å². The van der Waals surface area contributed by atoms with Gasteiger partial charge in [-0.05, 0) is 36.1 Å². The highest BCUT2D eigenvalue weighted by Crippen LogP contribution is 2.41. The molecule has 19 heavy (non-hydrogen) atoms. The average molecular weight is 303 g/mol. The second-order valence-corrected chi connectivity index (χ2v) is 5.26. The minimum absolute atomic E-state index is 0. The summed E-state index contributed by atoms with van der Waals surface area (Å²) in [4.78, 5) is 11.7. The monoisotopic (exact) mass is 302 g/mol. The molecule has 1 aliphatic carbocycles. The third-order valence-electron chi connectivity index (χ3n) is 3.60. The van der Waals surface area contributed by atoms with E-state index in [1.807, 2.05) is 0 Å². The molecule has 0 aromatic heterocycles. The number of piperidine rings is 1. The van der Waals surface area contributed by atoms with Gasteiger partial charge in [0, 0.05) is 24.2 Å². The maximum absolute atomic E-state index is 11.7. The Morgan fingerprint density at radius 2 is 1.95 bits per heavy atom. The number of hydrogen-bond acceptors (Lipinski definition) is 3. The van der Waals surface area contributed by atoms with Crippen molar-refractivity contribution in [2.45, 2.75) is 6.04 Å². The molecule has 1 unspecified atom stereocenters. The number of nitrogens with one attached hydrogen (secondary N) is 2. The predicted molar refractivity (Wildman–Crippen MR) is 76.0 cm³/mol. The molecule has 104 valence electrons. The van der Waals surface area contributed by atoms with Crippen LogP contribution in [-0.2, 0) is 4.79 Å². The van der Waals surface area contributed by atoms with Crippen LogP contribution in [0.25, 0.3) is 0 Å². The molecule has 0 radical (unpaired) electrons. The van der Waals surface area contributed by atoms with E-state index in [9.17, 15) is 4.79 Å². The SMILES string of the molecule is Cl.O=C(COc1ccc(Cl)cc1)NC1[C@H]2CNC[C@@H]12. The first kappa shape index (κ1) is 14.4. The Balaban J connectivity index is 0.00000133. The molecular weight excluding hydrogens is 287 g/mol. The van der Waals surface area contributed by atoms with Crippen LogP contribution in [0.5, 0.6) is 5.75 Å². The van der Waals surface area contributed by atoms with E-state index in [0.29, 0.717) is 28.6 Å². The lowest BCUT2D eigenvalue weighted by atomic mass is 10.3. The van der Waals surface area contributed by atoms with Crippen molar-refractivity contribution >= 4 is 29.9 Å². The molecule has 1 heterocycles. The van der Waals surface area contributed by atoms with Crippen molar-refractivity contribution in [2.75, 3.05) is 19.7 Å². The summed E-state index contributed by atoms with van der Waals surface area (Å²) in [5, 5.41) is 6.96. The summed E-state index contributed by atoms with van der Waals surface area (Å²) < 4.78 is 5.39. The summed E-state index contributed by atoms with van der Waals surface area (Å²) >= 11 is 5.77. The van der Waals surface area contributed by atoms with Gasteiger partial charge in [0.2, 0.25) is 0 Å². The molecule has 2 N–H and O–H groups in total. The van der Waals surface area contributed by atoms with Gasteiger partial charge in [-0.25, -0.2) is 0 Å². The second kappa shape index (κ2) is 5.99. The Labute approximate surface area is 123 Å². The Hall–Kier alpha value is -0.970. The summed E-state index contributed by atoms with van der Waals surface area (Å²) in [6, 6.07) is 7.35. The second-order valence-electron chi connectivity index (χ2n) is 4.82. The van der Waals surface area contributed by atoms with Crippen molar-refractivity contribution in [3.8, 4) is 5.75 Å². The van der Waals surface area contributed by atoms with Crippen LogP contribution in [0.2, 0.25) is 5.02 Å². The molecule has 3 rings (SSSR count). The van der Waals surface area contributed by atoms with Crippen molar-refractivity contribution in [3.05, 3.63) is 29.3 Å². The first-order valence-corrected chi connectivity index (χ1v) is 6.50. The molecule has 1 amide bonds. The third-order valence-corrected chi connectivity index (χ3v) is 3.85. The number of ether oxygens (including phenoxy) is 1. The van der Waals surface area contributed by atoms with Crippen LogP contribution in [0.15, 0.2) is 24.3 Å². The van der Waals surface area contributed by atoms with Gasteiger partial charge in [-0.2, -0.15) is 0 Å². The zero-order valence-electron chi connectivity index (χ0n) is 10.3. The molecular formula is C13H16Cl2N2O2. The topological polar surface area (TPSA) is 50.4 Å².